The Morgan fingerprint density at radius 2 is 1.91 bits per heavy atom. The van der Waals surface area contributed by atoms with Crippen molar-refractivity contribution in [1.29, 1.82) is 0 Å². The molecule has 0 bridgehead atoms. The first-order chi connectivity index (χ1) is 11.3. The third-order valence-electron chi connectivity index (χ3n) is 3.90. The molecule has 0 radical (unpaired) electrons. The van der Waals surface area contributed by atoms with Crippen LogP contribution in [0.2, 0.25) is 0 Å². The molecule has 0 spiro atoms. The summed E-state index contributed by atoms with van der Waals surface area (Å²) in [7, 11) is 0. The zero-order chi connectivity index (χ0) is 16.1. The maximum absolute atomic E-state index is 6.06. The van der Waals surface area contributed by atoms with Gasteiger partial charge in [0.05, 0.1) is 11.1 Å². The summed E-state index contributed by atoms with van der Waals surface area (Å²) in [5.74, 6) is 2.37. The van der Waals surface area contributed by atoms with Crippen LogP contribution in [0.4, 0.5) is 5.69 Å². The standard InChI is InChI=1S/C19H22BrNO2/c1-2-22-18-9-5-7-16(20)19(18)23-13-15-6-3-4-8-17(15)21-12-14-10-11-14/h3-9,14,21H,2,10-13H2,1H3. The van der Waals surface area contributed by atoms with Crippen LogP contribution in [0, 0.1) is 5.92 Å². The maximum atomic E-state index is 6.06. The molecule has 23 heavy (non-hydrogen) atoms. The summed E-state index contributed by atoms with van der Waals surface area (Å²) < 4.78 is 12.6. The predicted octanol–water partition coefficient (Wildman–Crippen LogP) is 5.25. The summed E-state index contributed by atoms with van der Waals surface area (Å²) in [5.41, 5.74) is 2.32. The Labute approximate surface area is 146 Å². The Kier molecular flexibility index (Phi) is 5.44. The molecule has 0 heterocycles. The van der Waals surface area contributed by atoms with Gasteiger partial charge in [-0.05, 0) is 59.8 Å². The molecule has 1 saturated carbocycles. The highest BCUT2D eigenvalue weighted by Gasteiger charge is 2.21. The number of nitrogens with one attached hydrogen (secondary N) is 1. The minimum absolute atomic E-state index is 0.510. The van der Waals surface area contributed by atoms with Crippen LogP contribution in [-0.4, -0.2) is 13.2 Å². The van der Waals surface area contributed by atoms with Gasteiger partial charge in [0, 0.05) is 17.8 Å². The summed E-state index contributed by atoms with van der Waals surface area (Å²) in [4.78, 5) is 0. The van der Waals surface area contributed by atoms with Crippen LogP contribution >= 0.6 is 15.9 Å². The molecule has 0 saturated heterocycles. The highest BCUT2D eigenvalue weighted by Crippen LogP contribution is 2.36. The number of rotatable bonds is 8. The van der Waals surface area contributed by atoms with E-state index in [0.717, 1.165) is 39.7 Å². The van der Waals surface area contributed by atoms with Gasteiger partial charge in [-0.25, -0.2) is 0 Å². The Hall–Kier alpha value is -1.68. The maximum Gasteiger partial charge on any atom is 0.175 e. The van der Waals surface area contributed by atoms with Crippen molar-refractivity contribution >= 4 is 21.6 Å². The van der Waals surface area contributed by atoms with E-state index >= 15 is 0 Å². The van der Waals surface area contributed by atoms with Gasteiger partial charge in [0.25, 0.3) is 0 Å². The van der Waals surface area contributed by atoms with Crippen molar-refractivity contribution in [2.75, 3.05) is 18.5 Å². The Bertz CT molecular complexity index is 656. The van der Waals surface area contributed by atoms with E-state index in [9.17, 15) is 0 Å². The average molecular weight is 376 g/mol. The Morgan fingerprint density at radius 3 is 2.70 bits per heavy atom. The van der Waals surface area contributed by atoms with Crippen molar-refractivity contribution in [1.82, 2.24) is 0 Å². The molecule has 2 aromatic carbocycles. The van der Waals surface area contributed by atoms with Gasteiger partial charge >= 0.3 is 0 Å². The van der Waals surface area contributed by atoms with E-state index in [-0.39, 0.29) is 0 Å². The van der Waals surface area contributed by atoms with Gasteiger partial charge in [0.1, 0.15) is 6.61 Å². The summed E-state index contributed by atoms with van der Waals surface area (Å²) in [6.07, 6.45) is 2.70. The highest BCUT2D eigenvalue weighted by atomic mass is 79.9. The topological polar surface area (TPSA) is 30.5 Å². The van der Waals surface area contributed by atoms with Gasteiger partial charge in [0.2, 0.25) is 0 Å². The summed E-state index contributed by atoms with van der Waals surface area (Å²) in [6, 6.07) is 14.2. The zero-order valence-corrected chi connectivity index (χ0v) is 14.9. The van der Waals surface area contributed by atoms with Crippen LogP contribution in [-0.2, 0) is 6.61 Å². The number of benzene rings is 2. The van der Waals surface area contributed by atoms with Crippen LogP contribution in [0.25, 0.3) is 0 Å². The van der Waals surface area contributed by atoms with E-state index in [1.54, 1.807) is 0 Å². The van der Waals surface area contributed by atoms with Crippen LogP contribution in [0.5, 0.6) is 11.5 Å². The van der Waals surface area contributed by atoms with Crippen molar-refractivity contribution in [3.05, 3.63) is 52.5 Å². The number of hydrogen-bond acceptors (Lipinski definition) is 3. The number of anilines is 1. The molecule has 2 aromatic rings. The lowest BCUT2D eigenvalue weighted by molar-refractivity contribution is 0.268. The van der Waals surface area contributed by atoms with Crippen molar-refractivity contribution in [3.8, 4) is 11.5 Å². The first-order valence-electron chi connectivity index (χ1n) is 8.13. The first kappa shape index (κ1) is 16.2. The summed E-state index contributed by atoms with van der Waals surface area (Å²) in [6.45, 7) is 4.15. The normalized spacial score (nSPS) is 13.7. The SMILES string of the molecule is CCOc1cccc(Br)c1OCc1ccccc1NCC1CC1. The van der Waals surface area contributed by atoms with Crippen molar-refractivity contribution in [3.63, 3.8) is 0 Å². The molecule has 1 aliphatic carbocycles. The van der Waals surface area contributed by atoms with Gasteiger partial charge < -0.3 is 14.8 Å². The fourth-order valence-corrected chi connectivity index (χ4v) is 2.91. The predicted molar refractivity (Wildman–Crippen MR) is 97.3 cm³/mol. The van der Waals surface area contributed by atoms with E-state index in [1.165, 1.54) is 12.8 Å². The fraction of sp³-hybridized carbons (Fsp3) is 0.368. The number of para-hydroxylation sites is 2. The molecular weight excluding hydrogens is 354 g/mol. The van der Waals surface area contributed by atoms with E-state index < -0.39 is 0 Å². The van der Waals surface area contributed by atoms with Crippen molar-refractivity contribution in [2.45, 2.75) is 26.4 Å². The van der Waals surface area contributed by atoms with Crippen molar-refractivity contribution in [2.24, 2.45) is 5.92 Å². The number of ether oxygens (including phenoxy) is 2. The lowest BCUT2D eigenvalue weighted by Crippen LogP contribution is -2.07. The summed E-state index contributed by atoms with van der Waals surface area (Å²) >= 11 is 3.55. The Morgan fingerprint density at radius 1 is 1.09 bits per heavy atom. The van der Waals surface area contributed by atoms with Crippen LogP contribution < -0.4 is 14.8 Å². The molecule has 122 valence electrons. The molecule has 3 nitrogen and oxygen atoms in total. The summed E-state index contributed by atoms with van der Waals surface area (Å²) in [5, 5.41) is 3.54. The molecule has 3 rings (SSSR count). The molecule has 0 unspecified atom stereocenters. The second-order valence-corrected chi connectivity index (χ2v) is 6.62. The van der Waals surface area contributed by atoms with Crippen LogP contribution in [0.15, 0.2) is 46.9 Å². The van der Waals surface area contributed by atoms with Gasteiger partial charge in [-0.15, -0.1) is 0 Å². The quantitative estimate of drug-likeness (QED) is 0.683. The molecule has 0 atom stereocenters. The molecular formula is C19H22BrNO2. The second-order valence-electron chi connectivity index (χ2n) is 5.77. The zero-order valence-electron chi connectivity index (χ0n) is 13.3. The molecule has 1 N–H and O–H groups in total. The molecule has 4 heteroatoms. The van der Waals surface area contributed by atoms with Crippen LogP contribution in [0.3, 0.4) is 0 Å². The number of hydrogen-bond donors (Lipinski definition) is 1. The van der Waals surface area contributed by atoms with Crippen LogP contribution in [0.1, 0.15) is 25.3 Å². The van der Waals surface area contributed by atoms with Gasteiger partial charge in [-0.2, -0.15) is 0 Å². The largest absolute Gasteiger partial charge is 0.490 e. The minimum Gasteiger partial charge on any atom is -0.490 e. The van der Waals surface area contributed by atoms with E-state index in [1.807, 2.05) is 31.2 Å². The lowest BCUT2D eigenvalue weighted by atomic mass is 10.2. The molecule has 0 amide bonds. The van der Waals surface area contributed by atoms with E-state index in [0.29, 0.717) is 13.2 Å². The fourth-order valence-electron chi connectivity index (χ4n) is 2.44. The van der Waals surface area contributed by atoms with Crippen molar-refractivity contribution < 1.29 is 9.47 Å². The van der Waals surface area contributed by atoms with Gasteiger partial charge in [-0.1, -0.05) is 24.3 Å². The smallest absolute Gasteiger partial charge is 0.175 e. The number of halogens is 1. The molecule has 0 aromatic heterocycles. The Balaban J connectivity index is 1.70. The monoisotopic (exact) mass is 375 g/mol. The van der Waals surface area contributed by atoms with Gasteiger partial charge in [0.15, 0.2) is 11.5 Å². The molecule has 1 fully saturated rings. The van der Waals surface area contributed by atoms with E-state index in [2.05, 4.69) is 39.4 Å². The average Bonchev–Trinajstić information content (AvgIpc) is 3.38. The highest BCUT2D eigenvalue weighted by molar-refractivity contribution is 9.10. The van der Waals surface area contributed by atoms with E-state index in [4.69, 9.17) is 9.47 Å². The third kappa shape index (κ3) is 4.41. The third-order valence-corrected chi connectivity index (χ3v) is 4.52. The first-order valence-corrected chi connectivity index (χ1v) is 8.93. The molecule has 1 aliphatic rings. The second kappa shape index (κ2) is 7.73. The minimum atomic E-state index is 0.510. The molecule has 0 aliphatic heterocycles. The lowest BCUT2D eigenvalue weighted by Gasteiger charge is -2.16. The van der Waals surface area contributed by atoms with Gasteiger partial charge in [-0.3, -0.25) is 0 Å².